The summed E-state index contributed by atoms with van der Waals surface area (Å²) in [5, 5.41) is 3.52. The van der Waals surface area contributed by atoms with Gasteiger partial charge in [-0.25, -0.2) is 0 Å². The van der Waals surface area contributed by atoms with Gasteiger partial charge in [0, 0.05) is 19.2 Å². The second-order valence-corrected chi connectivity index (χ2v) is 5.94. The Morgan fingerprint density at radius 2 is 1.90 bits per heavy atom. The predicted molar refractivity (Wildman–Crippen MR) is 71.7 cm³/mol. The van der Waals surface area contributed by atoms with Crippen LogP contribution in [-0.4, -0.2) is 56.0 Å². The van der Waals surface area contributed by atoms with Crippen LogP contribution in [0.15, 0.2) is 0 Å². The van der Waals surface area contributed by atoms with Crippen LogP contribution >= 0.6 is 0 Å². The van der Waals surface area contributed by atoms with Crippen LogP contribution in [0.4, 0.5) is 13.2 Å². The van der Waals surface area contributed by atoms with Crippen LogP contribution in [0, 0.1) is 5.92 Å². The lowest BCUT2D eigenvalue weighted by atomic mass is 9.98. The Bertz CT molecular complexity index is 291. The van der Waals surface area contributed by atoms with Gasteiger partial charge in [-0.2, -0.15) is 13.2 Å². The molecule has 0 aliphatic carbocycles. The highest BCUT2D eigenvalue weighted by atomic mass is 19.4. The van der Waals surface area contributed by atoms with Gasteiger partial charge in [-0.3, -0.25) is 4.90 Å². The minimum absolute atomic E-state index is 0.354. The van der Waals surface area contributed by atoms with Crippen molar-refractivity contribution >= 4 is 0 Å². The van der Waals surface area contributed by atoms with E-state index in [1.54, 1.807) is 0 Å². The zero-order chi connectivity index (χ0) is 14.6. The summed E-state index contributed by atoms with van der Waals surface area (Å²) < 4.78 is 42.6. The molecule has 0 amide bonds. The second-order valence-electron chi connectivity index (χ2n) is 5.94. The van der Waals surface area contributed by atoms with Gasteiger partial charge in [-0.1, -0.05) is 6.92 Å². The first-order valence-electron chi connectivity index (χ1n) is 7.62. The van der Waals surface area contributed by atoms with Crippen molar-refractivity contribution in [1.82, 2.24) is 10.2 Å². The maximum atomic E-state index is 12.3. The molecule has 2 aliphatic rings. The van der Waals surface area contributed by atoms with Crippen LogP contribution in [0.2, 0.25) is 0 Å². The molecule has 6 heteroatoms. The van der Waals surface area contributed by atoms with Crippen molar-refractivity contribution in [2.75, 3.05) is 32.8 Å². The van der Waals surface area contributed by atoms with Crippen LogP contribution in [0.25, 0.3) is 0 Å². The van der Waals surface area contributed by atoms with E-state index in [4.69, 9.17) is 4.74 Å². The van der Waals surface area contributed by atoms with Gasteiger partial charge >= 0.3 is 6.18 Å². The SMILES string of the molecule is CCC1OCCC1CNC1CCN(CC(F)(F)F)CC1. The summed E-state index contributed by atoms with van der Waals surface area (Å²) in [7, 11) is 0. The number of nitrogens with zero attached hydrogens (tertiary/aromatic N) is 1. The lowest BCUT2D eigenvalue weighted by molar-refractivity contribution is -0.148. The largest absolute Gasteiger partial charge is 0.401 e. The molecule has 3 nitrogen and oxygen atoms in total. The highest BCUT2D eigenvalue weighted by Gasteiger charge is 2.33. The highest BCUT2D eigenvalue weighted by molar-refractivity contribution is 4.82. The molecule has 118 valence electrons. The van der Waals surface area contributed by atoms with E-state index in [1.807, 2.05) is 0 Å². The third-order valence-electron chi connectivity index (χ3n) is 4.41. The summed E-state index contributed by atoms with van der Waals surface area (Å²) in [6.45, 7) is 4.22. The Hall–Kier alpha value is -0.330. The number of hydrogen-bond donors (Lipinski definition) is 1. The first-order chi connectivity index (χ1) is 9.48. The maximum Gasteiger partial charge on any atom is 0.401 e. The molecule has 0 aromatic rings. The van der Waals surface area contributed by atoms with E-state index in [2.05, 4.69) is 12.2 Å². The van der Waals surface area contributed by atoms with Crippen molar-refractivity contribution in [2.45, 2.75) is 50.9 Å². The lowest BCUT2D eigenvalue weighted by Gasteiger charge is -2.33. The highest BCUT2D eigenvalue weighted by Crippen LogP contribution is 2.24. The minimum Gasteiger partial charge on any atom is -0.378 e. The monoisotopic (exact) mass is 294 g/mol. The summed E-state index contributed by atoms with van der Waals surface area (Å²) >= 11 is 0. The van der Waals surface area contributed by atoms with E-state index in [9.17, 15) is 13.2 Å². The molecule has 2 rings (SSSR count). The molecule has 2 fully saturated rings. The van der Waals surface area contributed by atoms with Gasteiger partial charge in [-0.05, 0) is 44.7 Å². The Balaban J connectivity index is 1.64. The van der Waals surface area contributed by atoms with E-state index >= 15 is 0 Å². The van der Waals surface area contributed by atoms with Crippen LogP contribution in [0.5, 0.6) is 0 Å². The summed E-state index contributed by atoms with van der Waals surface area (Å²) in [5.41, 5.74) is 0. The molecule has 2 aliphatic heterocycles. The predicted octanol–water partition coefficient (Wildman–Crippen LogP) is 2.42. The summed E-state index contributed by atoms with van der Waals surface area (Å²) in [6, 6.07) is 0.359. The van der Waals surface area contributed by atoms with Gasteiger partial charge in [0.15, 0.2) is 0 Å². The fourth-order valence-corrected chi connectivity index (χ4v) is 3.24. The first kappa shape index (κ1) is 16.0. The Morgan fingerprint density at radius 3 is 2.50 bits per heavy atom. The topological polar surface area (TPSA) is 24.5 Å². The van der Waals surface area contributed by atoms with Crippen molar-refractivity contribution in [1.29, 1.82) is 0 Å². The molecule has 2 heterocycles. The molecular formula is C14H25F3N2O. The average molecular weight is 294 g/mol. The van der Waals surface area contributed by atoms with E-state index in [1.165, 1.54) is 4.90 Å². The average Bonchev–Trinajstić information content (AvgIpc) is 2.83. The molecule has 2 atom stereocenters. The van der Waals surface area contributed by atoms with Gasteiger partial charge in [-0.15, -0.1) is 0 Å². The number of nitrogens with one attached hydrogen (secondary N) is 1. The van der Waals surface area contributed by atoms with E-state index in [0.717, 1.165) is 38.8 Å². The van der Waals surface area contributed by atoms with Crippen molar-refractivity contribution in [3.63, 3.8) is 0 Å². The summed E-state index contributed by atoms with van der Waals surface area (Å²) in [5.74, 6) is 0.563. The molecule has 0 aromatic carbocycles. The number of alkyl halides is 3. The smallest absolute Gasteiger partial charge is 0.378 e. The third kappa shape index (κ3) is 4.90. The standard InChI is InChI=1S/C14H25F3N2O/c1-2-13-11(5-8-20-13)9-18-12-3-6-19(7-4-12)10-14(15,16)17/h11-13,18H,2-10H2,1H3. The number of rotatable bonds is 5. The Labute approximate surface area is 118 Å². The van der Waals surface area contributed by atoms with E-state index in [0.29, 0.717) is 31.2 Å². The van der Waals surface area contributed by atoms with Gasteiger partial charge in [0.2, 0.25) is 0 Å². The Kier molecular flexibility index (Phi) is 5.69. The molecule has 2 saturated heterocycles. The molecule has 2 unspecified atom stereocenters. The number of halogens is 3. The second kappa shape index (κ2) is 7.09. The molecule has 0 aromatic heterocycles. The fourth-order valence-electron chi connectivity index (χ4n) is 3.24. The zero-order valence-corrected chi connectivity index (χ0v) is 12.1. The third-order valence-corrected chi connectivity index (χ3v) is 4.41. The van der Waals surface area contributed by atoms with Gasteiger partial charge < -0.3 is 10.1 Å². The normalized spacial score (nSPS) is 30.0. The molecule has 0 spiro atoms. The van der Waals surface area contributed by atoms with E-state index < -0.39 is 12.7 Å². The van der Waals surface area contributed by atoms with Crippen molar-refractivity contribution in [3.05, 3.63) is 0 Å². The quantitative estimate of drug-likeness (QED) is 0.843. The van der Waals surface area contributed by atoms with Gasteiger partial charge in [0.05, 0.1) is 12.6 Å². The van der Waals surface area contributed by atoms with Gasteiger partial charge in [0.25, 0.3) is 0 Å². The zero-order valence-electron chi connectivity index (χ0n) is 12.1. The van der Waals surface area contributed by atoms with E-state index in [-0.39, 0.29) is 0 Å². The Morgan fingerprint density at radius 1 is 1.20 bits per heavy atom. The molecule has 20 heavy (non-hydrogen) atoms. The van der Waals surface area contributed by atoms with Crippen molar-refractivity contribution in [2.24, 2.45) is 5.92 Å². The molecule has 1 N–H and O–H groups in total. The van der Waals surface area contributed by atoms with Gasteiger partial charge in [0.1, 0.15) is 0 Å². The molecular weight excluding hydrogens is 269 g/mol. The number of ether oxygens (including phenoxy) is 1. The molecule has 0 bridgehead atoms. The van der Waals surface area contributed by atoms with Crippen LogP contribution in [0.1, 0.15) is 32.6 Å². The summed E-state index contributed by atoms with van der Waals surface area (Å²) in [6.07, 6.45) is 0.0266. The number of hydrogen-bond acceptors (Lipinski definition) is 3. The number of piperidine rings is 1. The van der Waals surface area contributed by atoms with Crippen molar-refractivity contribution < 1.29 is 17.9 Å². The molecule has 0 saturated carbocycles. The minimum atomic E-state index is -4.07. The lowest BCUT2D eigenvalue weighted by Crippen LogP contribution is -2.46. The summed E-state index contributed by atoms with van der Waals surface area (Å²) in [4.78, 5) is 1.51. The number of likely N-dealkylation sites (tertiary alicyclic amines) is 1. The van der Waals surface area contributed by atoms with Crippen LogP contribution in [0.3, 0.4) is 0 Å². The van der Waals surface area contributed by atoms with Crippen molar-refractivity contribution in [3.8, 4) is 0 Å². The van der Waals surface area contributed by atoms with Crippen LogP contribution < -0.4 is 5.32 Å². The first-order valence-corrected chi connectivity index (χ1v) is 7.62. The fraction of sp³-hybridized carbons (Fsp3) is 1.00. The molecule has 0 radical (unpaired) electrons. The maximum absolute atomic E-state index is 12.3. The van der Waals surface area contributed by atoms with Crippen LogP contribution in [-0.2, 0) is 4.74 Å².